The monoisotopic (exact) mass is 505 g/mol. The van der Waals surface area contributed by atoms with Gasteiger partial charge in [0.15, 0.2) is 11.5 Å². The zero-order chi connectivity index (χ0) is 26.0. The van der Waals surface area contributed by atoms with Gasteiger partial charge in [-0.05, 0) is 57.0 Å². The number of carbonyl (C=O) groups excluding carboxylic acids is 1. The topological polar surface area (TPSA) is 82.6 Å². The molecule has 0 saturated carbocycles. The molecule has 8 heteroatoms. The second-order valence-electron chi connectivity index (χ2n) is 9.07. The smallest absolute Gasteiger partial charge is 0.315 e. The van der Waals surface area contributed by atoms with Crippen LogP contribution in [0, 0.1) is 6.92 Å². The van der Waals surface area contributed by atoms with Crippen LogP contribution in [0.5, 0.6) is 11.5 Å². The summed E-state index contributed by atoms with van der Waals surface area (Å²) in [7, 11) is 4.65. The molecule has 1 unspecified atom stereocenters. The Morgan fingerprint density at radius 2 is 1.69 bits per heavy atom. The number of rotatable bonds is 8. The Morgan fingerprint density at radius 1 is 1.00 bits per heavy atom. The second kappa shape index (κ2) is 10.1. The van der Waals surface area contributed by atoms with Gasteiger partial charge in [-0.2, -0.15) is 0 Å². The molecule has 2 aromatic heterocycles. The summed E-state index contributed by atoms with van der Waals surface area (Å²) in [6.07, 6.45) is 0. The fourth-order valence-electron chi connectivity index (χ4n) is 4.30. The summed E-state index contributed by atoms with van der Waals surface area (Å²) in [6.45, 7) is 7.75. The van der Waals surface area contributed by atoms with E-state index in [-0.39, 0.29) is 12.0 Å². The average Bonchev–Trinajstić information content (AvgIpc) is 3.37. The van der Waals surface area contributed by atoms with Crippen molar-refractivity contribution in [2.24, 2.45) is 0 Å². The standard InChI is InChI=1S/C28H31N3O4S/c1-16(29-26-19-14-22(33-5)23(34-6)15-21(19)30-17(2)31-26)24-12-13-25(36-24)18-10-8-9-11-20(18)28(3,4)27(32)35-7/h8-16H,1-7H3,(H,29,30,31). The van der Waals surface area contributed by atoms with E-state index in [1.807, 2.05) is 51.1 Å². The van der Waals surface area contributed by atoms with Crippen LogP contribution in [-0.2, 0) is 14.9 Å². The number of aromatic nitrogens is 2. The zero-order valence-electron chi connectivity index (χ0n) is 21.6. The van der Waals surface area contributed by atoms with Crippen molar-refractivity contribution in [1.82, 2.24) is 9.97 Å². The maximum Gasteiger partial charge on any atom is 0.315 e. The number of carbonyl (C=O) groups is 1. The Morgan fingerprint density at radius 3 is 2.39 bits per heavy atom. The molecule has 0 saturated heterocycles. The van der Waals surface area contributed by atoms with Gasteiger partial charge in [0.05, 0.1) is 38.3 Å². The van der Waals surface area contributed by atoms with Crippen LogP contribution in [0.2, 0.25) is 0 Å². The lowest BCUT2D eigenvalue weighted by atomic mass is 9.81. The number of hydrogen-bond donors (Lipinski definition) is 1. The molecule has 0 spiro atoms. The van der Waals surface area contributed by atoms with E-state index < -0.39 is 5.41 Å². The van der Waals surface area contributed by atoms with E-state index in [9.17, 15) is 4.79 Å². The summed E-state index contributed by atoms with van der Waals surface area (Å²) in [5, 5.41) is 4.41. The minimum atomic E-state index is -0.767. The van der Waals surface area contributed by atoms with Crippen LogP contribution in [0.3, 0.4) is 0 Å². The van der Waals surface area contributed by atoms with Crippen molar-refractivity contribution >= 4 is 34.0 Å². The number of aryl methyl sites for hydroxylation is 1. The van der Waals surface area contributed by atoms with Gasteiger partial charge < -0.3 is 19.5 Å². The number of thiophene rings is 1. The SMILES string of the molecule is COC(=O)C(C)(C)c1ccccc1-c1ccc(C(C)Nc2nc(C)nc3cc(OC)c(OC)cc23)s1. The number of esters is 1. The van der Waals surface area contributed by atoms with E-state index in [1.165, 1.54) is 7.11 Å². The lowest BCUT2D eigenvalue weighted by Crippen LogP contribution is -2.30. The minimum absolute atomic E-state index is 0.0184. The molecule has 4 aromatic rings. The third-order valence-electron chi connectivity index (χ3n) is 6.28. The van der Waals surface area contributed by atoms with Crippen molar-refractivity contribution in [2.75, 3.05) is 26.6 Å². The average molecular weight is 506 g/mol. The summed E-state index contributed by atoms with van der Waals surface area (Å²) in [6, 6.07) is 15.9. The molecule has 36 heavy (non-hydrogen) atoms. The maximum atomic E-state index is 12.5. The van der Waals surface area contributed by atoms with Crippen molar-refractivity contribution in [3.8, 4) is 21.9 Å². The molecule has 4 rings (SSSR count). The molecule has 0 radical (unpaired) electrons. The quantitative estimate of drug-likeness (QED) is 0.281. The van der Waals surface area contributed by atoms with E-state index in [1.54, 1.807) is 25.6 Å². The summed E-state index contributed by atoms with van der Waals surface area (Å²) in [4.78, 5) is 24.0. The van der Waals surface area contributed by atoms with E-state index in [2.05, 4.69) is 40.4 Å². The molecule has 1 atom stereocenters. The second-order valence-corrected chi connectivity index (χ2v) is 10.2. The van der Waals surface area contributed by atoms with Gasteiger partial charge in [-0.25, -0.2) is 9.97 Å². The first-order chi connectivity index (χ1) is 17.2. The molecule has 7 nitrogen and oxygen atoms in total. The number of ether oxygens (including phenoxy) is 3. The fourth-order valence-corrected chi connectivity index (χ4v) is 5.35. The Bertz CT molecular complexity index is 1410. The van der Waals surface area contributed by atoms with Gasteiger partial charge in [0.2, 0.25) is 0 Å². The Hall–Kier alpha value is -3.65. The van der Waals surface area contributed by atoms with Gasteiger partial charge in [-0.1, -0.05) is 24.3 Å². The number of nitrogens with one attached hydrogen (secondary N) is 1. The number of hydrogen-bond acceptors (Lipinski definition) is 8. The molecule has 1 N–H and O–H groups in total. The summed E-state index contributed by atoms with van der Waals surface area (Å²) < 4.78 is 16.0. The van der Waals surface area contributed by atoms with Crippen LogP contribution >= 0.6 is 11.3 Å². The zero-order valence-corrected chi connectivity index (χ0v) is 22.4. The van der Waals surface area contributed by atoms with Crippen molar-refractivity contribution in [3.05, 3.63) is 64.8 Å². The van der Waals surface area contributed by atoms with Crippen molar-refractivity contribution in [2.45, 2.75) is 39.2 Å². The van der Waals surface area contributed by atoms with Gasteiger partial charge in [-0.15, -0.1) is 11.3 Å². The molecular weight excluding hydrogens is 474 g/mol. The van der Waals surface area contributed by atoms with E-state index in [4.69, 9.17) is 14.2 Å². The Kier molecular flexibility index (Phi) is 7.17. The van der Waals surface area contributed by atoms with E-state index in [0.29, 0.717) is 17.3 Å². The van der Waals surface area contributed by atoms with E-state index in [0.717, 1.165) is 37.6 Å². The van der Waals surface area contributed by atoms with Crippen LogP contribution in [0.4, 0.5) is 5.82 Å². The molecule has 0 aliphatic carbocycles. The highest BCUT2D eigenvalue weighted by Crippen LogP contribution is 2.40. The van der Waals surface area contributed by atoms with Crippen LogP contribution < -0.4 is 14.8 Å². The van der Waals surface area contributed by atoms with Gasteiger partial charge in [0.1, 0.15) is 11.6 Å². The lowest BCUT2D eigenvalue weighted by molar-refractivity contribution is -0.146. The number of anilines is 1. The van der Waals surface area contributed by atoms with Crippen molar-refractivity contribution < 1.29 is 19.0 Å². The largest absolute Gasteiger partial charge is 0.493 e. The summed E-state index contributed by atoms with van der Waals surface area (Å²) in [5.74, 6) is 2.37. The van der Waals surface area contributed by atoms with E-state index >= 15 is 0 Å². The molecule has 0 amide bonds. The number of nitrogens with zero attached hydrogens (tertiary/aromatic N) is 2. The third-order valence-corrected chi connectivity index (χ3v) is 7.58. The highest BCUT2D eigenvalue weighted by molar-refractivity contribution is 7.15. The van der Waals surface area contributed by atoms with Crippen molar-refractivity contribution in [1.29, 1.82) is 0 Å². The first-order valence-corrected chi connectivity index (χ1v) is 12.5. The van der Waals surface area contributed by atoms with Crippen LogP contribution in [0.15, 0.2) is 48.5 Å². The molecular formula is C28H31N3O4S. The maximum absolute atomic E-state index is 12.5. The Labute approximate surface area is 215 Å². The van der Waals surface area contributed by atoms with Crippen LogP contribution in [0.1, 0.15) is 43.1 Å². The lowest BCUT2D eigenvalue weighted by Gasteiger charge is -2.24. The highest BCUT2D eigenvalue weighted by Gasteiger charge is 2.33. The van der Waals surface area contributed by atoms with Gasteiger partial charge in [0, 0.05) is 21.2 Å². The predicted octanol–water partition coefficient (Wildman–Crippen LogP) is 6.31. The summed E-state index contributed by atoms with van der Waals surface area (Å²) >= 11 is 1.68. The van der Waals surface area contributed by atoms with Crippen molar-refractivity contribution in [3.63, 3.8) is 0 Å². The minimum Gasteiger partial charge on any atom is -0.493 e. The molecule has 2 aromatic carbocycles. The molecule has 188 valence electrons. The molecule has 0 aliphatic rings. The number of fused-ring (bicyclic) bond motifs is 1. The molecule has 0 fully saturated rings. The fraction of sp³-hybridized carbons (Fsp3) is 0.321. The first kappa shape index (κ1) is 25.4. The first-order valence-electron chi connectivity index (χ1n) is 11.6. The summed E-state index contributed by atoms with van der Waals surface area (Å²) in [5.41, 5.74) is 1.97. The highest BCUT2D eigenvalue weighted by atomic mass is 32.1. The third kappa shape index (κ3) is 4.73. The normalized spacial score (nSPS) is 12.3. The predicted molar refractivity (Wildman–Crippen MR) is 144 cm³/mol. The van der Waals surface area contributed by atoms with Crippen LogP contribution in [0.25, 0.3) is 21.3 Å². The van der Waals surface area contributed by atoms with Gasteiger partial charge in [-0.3, -0.25) is 4.79 Å². The van der Waals surface area contributed by atoms with Gasteiger partial charge in [0.25, 0.3) is 0 Å². The van der Waals surface area contributed by atoms with Gasteiger partial charge >= 0.3 is 5.97 Å². The molecule has 0 bridgehead atoms. The Balaban J connectivity index is 1.68. The molecule has 2 heterocycles. The van der Waals surface area contributed by atoms with Crippen LogP contribution in [-0.4, -0.2) is 37.3 Å². The number of methoxy groups -OCH3 is 3. The molecule has 0 aliphatic heterocycles. The number of benzene rings is 2.